The zero-order valence-corrected chi connectivity index (χ0v) is 27.2. The van der Waals surface area contributed by atoms with Gasteiger partial charge in [0.25, 0.3) is 0 Å². The average molecular weight is 537 g/mol. The first-order chi connectivity index (χ1) is 18.3. The lowest BCUT2D eigenvalue weighted by molar-refractivity contribution is 1.26. The minimum atomic E-state index is 1.32. The van der Waals surface area contributed by atoms with E-state index in [1.807, 2.05) is 18.7 Å². The van der Waals surface area contributed by atoms with Crippen molar-refractivity contribution in [2.45, 2.75) is 92.9 Å². The quantitative estimate of drug-likeness (QED) is 0.235. The van der Waals surface area contributed by atoms with Crippen molar-refractivity contribution < 1.29 is 0 Å². The fourth-order valence-electron chi connectivity index (χ4n) is 4.35. The van der Waals surface area contributed by atoms with Gasteiger partial charge in [-0.15, -0.1) is 0 Å². The topological polar surface area (TPSA) is 0 Å². The summed E-state index contributed by atoms with van der Waals surface area (Å²) in [7, 11) is 0. The normalized spacial score (nSPS) is 10.6. The van der Waals surface area contributed by atoms with Crippen LogP contribution in [0.2, 0.25) is 0 Å². The van der Waals surface area contributed by atoms with E-state index in [0.717, 1.165) is 0 Å². The van der Waals surface area contributed by atoms with Gasteiger partial charge in [0.1, 0.15) is 0 Å². The van der Waals surface area contributed by atoms with Crippen LogP contribution in [0.5, 0.6) is 0 Å². The zero-order chi connectivity index (χ0) is 29.3. The number of fused-ring (bicyclic) bond motifs is 1. The summed E-state index contributed by atoms with van der Waals surface area (Å²) in [4.78, 5) is 2.63. The van der Waals surface area contributed by atoms with Crippen molar-refractivity contribution in [1.29, 1.82) is 0 Å². The molecule has 0 radical (unpaired) electrons. The molecule has 0 N–H and O–H groups in total. The summed E-state index contributed by atoms with van der Waals surface area (Å²) in [5, 5.41) is 2.87. The lowest BCUT2D eigenvalue weighted by Gasteiger charge is -2.11. The van der Waals surface area contributed by atoms with Crippen molar-refractivity contribution in [2.24, 2.45) is 0 Å². The number of benzene rings is 4. The second-order valence-corrected chi connectivity index (χ2v) is 12.1. The van der Waals surface area contributed by atoms with Crippen LogP contribution in [0.25, 0.3) is 10.8 Å². The first-order valence-electron chi connectivity index (χ1n) is 13.9. The highest BCUT2D eigenvalue weighted by molar-refractivity contribution is 7.99. The maximum atomic E-state index is 2.26. The van der Waals surface area contributed by atoms with Crippen LogP contribution in [0.15, 0.2) is 93.8 Å². The van der Waals surface area contributed by atoms with Crippen molar-refractivity contribution in [3.05, 3.63) is 128 Å². The molecule has 0 aromatic heterocycles. The van der Waals surface area contributed by atoms with Crippen LogP contribution in [0, 0.1) is 55.4 Å². The Hall–Kier alpha value is -3.03. The lowest BCUT2D eigenvalue weighted by atomic mass is 9.94. The molecule has 1 heteroatoms. The van der Waals surface area contributed by atoms with E-state index in [1.165, 1.54) is 76.2 Å². The van der Waals surface area contributed by atoms with E-state index in [9.17, 15) is 0 Å². The molecular weight excluding hydrogens is 488 g/mol. The van der Waals surface area contributed by atoms with Gasteiger partial charge >= 0.3 is 0 Å². The first-order valence-corrected chi connectivity index (χ1v) is 14.7. The Morgan fingerprint density at radius 3 is 1.08 bits per heavy atom. The number of aryl methyl sites for hydroxylation is 8. The Morgan fingerprint density at radius 2 is 0.821 bits per heavy atom. The van der Waals surface area contributed by atoms with E-state index in [0.29, 0.717) is 0 Å². The minimum absolute atomic E-state index is 1.32. The molecule has 0 unspecified atom stereocenters. The van der Waals surface area contributed by atoms with Gasteiger partial charge in [0.15, 0.2) is 0 Å². The standard InChI is InChI=1S/C16H18S.C14H16.C8H14/c1-11-5-7-15(9-13(11)3)17-16-8-6-12(2)14(4)10-16;1-9-5-6-11(3)14-12(4)8-7-10(2)13(9)14;1-5-6-8(4)7(2)3/h5-10H,1-4H3;5-8H,1-4H3;5-6H,1-4H3/b;;6-5-. The van der Waals surface area contributed by atoms with Crippen molar-refractivity contribution in [1.82, 2.24) is 0 Å². The van der Waals surface area contributed by atoms with Gasteiger partial charge in [-0.2, -0.15) is 0 Å². The van der Waals surface area contributed by atoms with Gasteiger partial charge in [0.05, 0.1) is 0 Å². The smallest absolute Gasteiger partial charge is 0.0125 e. The fourth-order valence-corrected chi connectivity index (χ4v) is 5.37. The average Bonchev–Trinajstić information content (AvgIpc) is 2.88. The molecule has 0 bridgehead atoms. The van der Waals surface area contributed by atoms with Gasteiger partial charge in [-0.05, 0) is 163 Å². The second kappa shape index (κ2) is 14.9. The van der Waals surface area contributed by atoms with Gasteiger partial charge in [0.2, 0.25) is 0 Å². The molecule has 0 amide bonds. The molecule has 4 rings (SSSR count). The summed E-state index contributed by atoms with van der Waals surface area (Å²) in [5.41, 5.74) is 13.7. The van der Waals surface area contributed by atoms with E-state index in [-0.39, 0.29) is 0 Å². The molecule has 0 aliphatic heterocycles. The summed E-state index contributed by atoms with van der Waals surface area (Å²) < 4.78 is 0. The monoisotopic (exact) mass is 536 g/mol. The van der Waals surface area contributed by atoms with Crippen molar-refractivity contribution in [3.8, 4) is 0 Å². The largest absolute Gasteiger partial charge is 0.0901 e. The highest BCUT2D eigenvalue weighted by Gasteiger charge is 2.05. The van der Waals surface area contributed by atoms with Gasteiger partial charge < -0.3 is 0 Å². The Balaban J connectivity index is 0.000000219. The summed E-state index contributed by atoms with van der Waals surface area (Å²) in [6, 6.07) is 22.1. The number of hydrogen-bond acceptors (Lipinski definition) is 1. The van der Waals surface area contributed by atoms with Crippen LogP contribution >= 0.6 is 11.8 Å². The molecule has 0 fully saturated rings. The molecule has 4 aromatic rings. The summed E-state index contributed by atoms with van der Waals surface area (Å²) in [6.45, 7) is 25.8. The molecule has 0 spiro atoms. The molecule has 0 saturated carbocycles. The first kappa shape index (κ1) is 32.2. The van der Waals surface area contributed by atoms with Gasteiger partial charge in [-0.1, -0.05) is 71.5 Å². The van der Waals surface area contributed by atoms with Gasteiger partial charge in [0, 0.05) is 9.79 Å². The van der Waals surface area contributed by atoms with Crippen LogP contribution in [0.3, 0.4) is 0 Å². The van der Waals surface area contributed by atoms with Gasteiger partial charge in [-0.3, -0.25) is 0 Å². The van der Waals surface area contributed by atoms with E-state index in [1.54, 1.807) is 0 Å². The molecule has 0 atom stereocenters. The molecule has 39 heavy (non-hydrogen) atoms. The second-order valence-electron chi connectivity index (χ2n) is 10.9. The van der Waals surface area contributed by atoms with E-state index < -0.39 is 0 Å². The van der Waals surface area contributed by atoms with Crippen molar-refractivity contribution >= 4 is 22.5 Å². The Morgan fingerprint density at radius 1 is 0.487 bits per heavy atom. The van der Waals surface area contributed by atoms with Crippen LogP contribution in [-0.2, 0) is 0 Å². The third-order valence-electron chi connectivity index (χ3n) is 7.39. The van der Waals surface area contributed by atoms with E-state index in [2.05, 4.69) is 149 Å². The summed E-state index contributed by atoms with van der Waals surface area (Å²) in [5.74, 6) is 0. The molecule has 206 valence electrons. The van der Waals surface area contributed by atoms with Gasteiger partial charge in [-0.25, -0.2) is 0 Å². The number of allylic oxidation sites excluding steroid dienone is 4. The SMILES string of the molecule is C/C=C\C(C)=C(C)C.Cc1ccc(C)c2c(C)ccc(C)c12.Cc1ccc(Sc2ccc(C)c(C)c2)cc1C. The highest BCUT2D eigenvalue weighted by atomic mass is 32.2. The Kier molecular flexibility index (Phi) is 12.3. The molecule has 0 nitrogen and oxygen atoms in total. The highest BCUT2D eigenvalue weighted by Crippen LogP contribution is 2.30. The maximum Gasteiger partial charge on any atom is 0.0125 e. The van der Waals surface area contributed by atoms with E-state index >= 15 is 0 Å². The molecule has 0 aliphatic carbocycles. The van der Waals surface area contributed by atoms with Crippen molar-refractivity contribution in [2.75, 3.05) is 0 Å². The Bertz CT molecular complexity index is 1340. The van der Waals surface area contributed by atoms with Crippen LogP contribution < -0.4 is 0 Å². The molecule has 0 aliphatic rings. The Labute approximate surface area is 243 Å². The molecule has 4 aromatic carbocycles. The van der Waals surface area contributed by atoms with E-state index in [4.69, 9.17) is 0 Å². The molecule has 0 heterocycles. The maximum absolute atomic E-state index is 2.26. The number of rotatable bonds is 3. The minimum Gasteiger partial charge on any atom is -0.0901 e. The van der Waals surface area contributed by atoms with Crippen LogP contribution in [0.1, 0.15) is 72.2 Å². The van der Waals surface area contributed by atoms with Crippen molar-refractivity contribution in [3.63, 3.8) is 0 Å². The fraction of sp³-hybridized carbons (Fsp3) is 0.316. The zero-order valence-electron chi connectivity index (χ0n) is 26.3. The van der Waals surface area contributed by atoms with Crippen LogP contribution in [0.4, 0.5) is 0 Å². The predicted octanol–water partition coefficient (Wildman–Crippen LogP) is 12.1. The summed E-state index contributed by atoms with van der Waals surface area (Å²) >= 11 is 1.83. The third kappa shape index (κ3) is 9.29. The third-order valence-corrected chi connectivity index (χ3v) is 8.37. The lowest BCUT2D eigenvalue weighted by Crippen LogP contribution is -1.89. The van der Waals surface area contributed by atoms with Crippen LogP contribution in [-0.4, -0.2) is 0 Å². The summed E-state index contributed by atoms with van der Waals surface area (Å²) in [6.07, 6.45) is 4.18. The molecular formula is C38H48S. The number of hydrogen-bond donors (Lipinski definition) is 0. The predicted molar refractivity (Wildman–Crippen MR) is 178 cm³/mol. The molecule has 0 saturated heterocycles.